The van der Waals surface area contributed by atoms with Crippen LogP contribution >= 0.6 is 11.8 Å². The third-order valence-corrected chi connectivity index (χ3v) is 3.54. The van der Waals surface area contributed by atoms with Gasteiger partial charge in [-0.05, 0) is 24.6 Å². The van der Waals surface area contributed by atoms with Crippen molar-refractivity contribution in [3.8, 4) is 0 Å². The molecule has 4 heteroatoms. The number of anilines is 1. The van der Waals surface area contributed by atoms with Gasteiger partial charge in [0.05, 0.1) is 11.4 Å². The molecule has 0 atom stereocenters. The summed E-state index contributed by atoms with van der Waals surface area (Å²) in [6, 6.07) is 5.47. The van der Waals surface area contributed by atoms with Gasteiger partial charge in [0, 0.05) is 17.0 Å². The first-order chi connectivity index (χ1) is 7.76. The second-order valence-corrected chi connectivity index (χ2v) is 4.70. The van der Waals surface area contributed by atoms with Gasteiger partial charge in [0.1, 0.15) is 6.29 Å². The zero-order valence-electron chi connectivity index (χ0n) is 9.10. The fourth-order valence-electron chi connectivity index (χ4n) is 1.76. The van der Waals surface area contributed by atoms with Crippen molar-refractivity contribution < 1.29 is 9.59 Å². The van der Waals surface area contributed by atoms with Crippen molar-refractivity contribution in [3.63, 3.8) is 0 Å². The summed E-state index contributed by atoms with van der Waals surface area (Å²) in [6.07, 6.45) is 1.77. The van der Waals surface area contributed by atoms with Crippen molar-refractivity contribution in [2.45, 2.75) is 18.2 Å². The molecule has 84 valence electrons. The summed E-state index contributed by atoms with van der Waals surface area (Å²) in [5.74, 6) is 0.619. The normalized spacial score (nSPS) is 14.8. The van der Waals surface area contributed by atoms with Crippen molar-refractivity contribution in [2.24, 2.45) is 0 Å². The van der Waals surface area contributed by atoms with E-state index in [2.05, 4.69) is 6.92 Å². The van der Waals surface area contributed by atoms with Gasteiger partial charge in [0.15, 0.2) is 0 Å². The Labute approximate surface area is 98.8 Å². The maximum atomic E-state index is 11.7. The Kier molecular flexibility index (Phi) is 3.29. The number of carbonyl (C=O) groups is 2. The highest BCUT2D eigenvalue weighted by atomic mass is 32.2. The molecule has 0 aliphatic carbocycles. The van der Waals surface area contributed by atoms with Crippen LogP contribution in [0.4, 0.5) is 5.69 Å². The molecule has 0 radical (unpaired) electrons. The van der Waals surface area contributed by atoms with Crippen LogP contribution in [0.3, 0.4) is 0 Å². The van der Waals surface area contributed by atoms with Gasteiger partial charge in [0.25, 0.3) is 0 Å². The second kappa shape index (κ2) is 4.70. The molecule has 1 aliphatic rings. The molecule has 0 aromatic heterocycles. The first kappa shape index (κ1) is 11.2. The van der Waals surface area contributed by atoms with Crippen molar-refractivity contribution >= 4 is 29.6 Å². The Morgan fingerprint density at radius 3 is 3.00 bits per heavy atom. The summed E-state index contributed by atoms with van der Waals surface area (Å²) in [5.41, 5.74) is 1.60. The van der Waals surface area contributed by atoms with Crippen LogP contribution in [0.5, 0.6) is 0 Å². The highest BCUT2D eigenvalue weighted by Crippen LogP contribution is 2.35. The van der Waals surface area contributed by atoms with Crippen LogP contribution in [0.25, 0.3) is 0 Å². The number of thioether (sulfide) groups is 1. The smallest absolute Gasteiger partial charge is 0.237 e. The van der Waals surface area contributed by atoms with E-state index in [1.54, 1.807) is 11.0 Å². The Morgan fingerprint density at radius 1 is 1.50 bits per heavy atom. The van der Waals surface area contributed by atoms with Crippen molar-refractivity contribution in [3.05, 3.63) is 23.8 Å². The Hall–Kier alpha value is -1.29. The van der Waals surface area contributed by atoms with E-state index in [1.807, 2.05) is 12.1 Å². The van der Waals surface area contributed by atoms with Gasteiger partial charge in [-0.1, -0.05) is 6.92 Å². The summed E-state index contributed by atoms with van der Waals surface area (Å²) < 4.78 is 0. The summed E-state index contributed by atoms with van der Waals surface area (Å²) in [6.45, 7) is 2.79. The van der Waals surface area contributed by atoms with Gasteiger partial charge >= 0.3 is 0 Å². The molecule has 2 rings (SSSR count). The maximum Gasteiger partial charge on any atom is 0.237 e. The number of aldehydes is 1. The average Bonchev–Trinajstić information content (AvgIpc) is 2.32. The fourth-order valence-corrected chi connectivity index (χ4v) is 2.74. The van der Waals surface area contributed by atoms with Crippen LogP contribution in [-0.2, 0) is 4.79 Å². The standard InChI is InChI=1S/C12H13NO2S/c1-2-5-13-10-4-3-9(7-14)6-11(10)16-8-12(13)15/h3-4,6-7H,2,5,8H2,1H3. The van der Waals surface area contributed by atoms with E-state index in [-0.39, 0.29) is 5.91 Å². The zero-order valence-corrected chi connectivity index (χ0v) is 9.92. The number of amides is 1. The Balaban J connectivity index is 2.40. The SMILES string of the molecule is CCCN1C(=O)CSc2cc(C=O)ccc21. The number of hydrogen-bond acceptors (Lipinski definition) is 3. The van der Waals surface area contributed by atoms with Gasteiger partial charge in [-0.15, -0.1) is 11.8 Å². The summed E-state index contributed by atoms with van der Waals surface area (Å²) in [5, 5.41) is 0. The summed E-state index contributed by atoms with van der Waals surface area (Å²) >= 11 is 1.51. The van der Waals surface area contributed by atoms with Gasteiger partial charge in [-0.25, -0.2) is 0 Å². The molecule has 0 saturated heterocycles. The van der Waals surface area contributed by atoms with Gasteiger partial charge in [0.2, 0.25) is 5.91 Å². The topological polar surface area (TPSA) is 37.4 Å². The lowest BCUT2D eigenvalue weighted by molar-refractivity contribution is -0.116. The quantitative estimate of drug-likeness (QED) is 0.755. The number of fused-ring (bicyclic) bond motifs is 1. The van der Waals surface area contributed by atoms with Crippen molar-refractivity contribution in [1.29, 1.82) is 0 Å². The average molecular weight is 235 g/mol. The number of benzene rings is 1. The van der Waals surface area contributed by atoms with Crippen LogP contribution in [0.1, 0.15) is 23.7 Å². The number of hydrogen-bond donors (Lipinski definition) is 0. The number of nitrogens with zero attached hydrogens (tertiary/aromatic N) is 1. The Morgan fingerprint density at radius 2 is 2.31 bits per heavy atom. The molecule has 1 heterocycles. The van der Waals surface area contributed by atoms with Crippen LogP contribution in [0.15, 0.2) is 23.1 Å². The molecule has 1 aromatic rings. The molecule has 16 heavy (non-hydrogen) atoms. The van der Waals surface area contributed by atoms with Crippen molar-refractivity contribution in [2.75, 3.05) is 17.2 Å². The van der Waals surface area contributed by atoms with Crippen molar-refractivity contribution in [1.82, 2.24) is 0 Å². The maximum absolute atomic E-state index is 11.7. The van der Waals surface area contributed by atoms with Crippen LogP contribution in [0.2, 0.25) is 0 Å². The molecular weight excluding hydrogens is 222 g/mol. The van der Waals surface area contributed by atoms with E-state index in [0.717, 1.165) is 29.8 Å². The molecule has 0 unspecified atom stereocenters. The molecule has 0 spiro atoms. The van der Waals surface area contributed by atoms with Crippen LogP contribution < -0.4 is 4.90 Å². The number of rotatable bonds is 3. The zero-order chi connectivity index (χ0) is 11.5. The molecule has 1 amide bonds. The van der Waals surface area contributed by atoms with Crippen LogP contribution in [0, 0.1) is 0 Å². The van der Waals surface area contributed by atoms with E-state index >= 15 is 0 Å². The molecule has 0 fully saturated rings. The highest BCUT2D eigenvalue weighted by Gasteiger charge is 2.23. The van der Waals surface area contributed by atoms with E-state index in [4.69, 9.17) is 0 Å². The molecule has 1 aliphatic heterocycles. The Bertz CT molecular complexity index is 431. The molecule has 1 aromatic carbocycles. The minimum atomic E-state index is 0.151. The van der Waals surface area contributed by atoms with Gasteiger partial charge in [-0.2, -0.15) is 0 Å². The minimum absolute atomic E-state index is 0.151. The predicted octanol–water partition coefficient (Wildman–Crippen LogP) is 2.35. The predicted molar refractivity (Wildman–Crippen MR) is 65.2 cm³/mol. The molecular formula is C12H13NO2S. The largest absolute Gasteiger partial charge is 0.311 e. The van der Waals surface area contributed by atoms with E-state index in [0.29, 0.717) is 11.3 Å². The molecule has 0 bridgehead atoms. The second-order valence-electron chi connectivity index (χ2n) is 3.68. The fraction of sp³-hybridized carbons (Fsp3) is 0.333. The lowest BCUT2D eigenvalue weighted by atomic mass is 10.2. The molecule has 0 saturated carbocycles. The summed E-state index contributed by atoms with van der Waals surface area (Å²) in [4.78, 5) is 25.2. The first-order valence-electron chi connectivity index (χ1n) is 5.28. The van der Waals surface area contributed by atoms with E-state index < -0.39 is 0 Å². The third-order valence-electron chi connectivity index (χ3n) is 2.51. The summed E-state index contributed by atoms with van der Waals surface area (Å²) in [7, 11) is 0. The van der Waals surface area contributed by atoms with Gasteiger partial charge in [-0.3, -0.25) is 9.59 Å². The van der Waals surface area contributed by atoms with Gasteiger partial charge < -0.3 is 4.90 Å². The van der Waals surface area contributed by atoms with E-state index in [9.17, 15) is 9.59 Å². The third kappa shape index (κ3) is 1.97. The minimum Gasteiger partial charge on any atom is -0.311 e. The van der Waals surface area contributed by atoms with Crippen LogP contribution in [-0.4, -0.2) is 24.5 Å². The lowest BCUT2D eigenvalue weighted by Gasteiger charge is -2.28. The first-order valence-corrected chi connectivity index (χ1v) is 6.27. The monoisotopic (exact) mass is 235 g/mol. The van der Waals surface area contributed by atoms with E-state index in [1.165, 1.54) is 11.8 Å². The highest BCUT2D eigenvalue weighted by molar-refractivity contribution is 8.00. The molecule has 0 N–H and O–H groups in total. The molecule has 3 nitrogen and oxygen atoms in total. The number of carbonyl (C=O) groups excluding carboxylic acids is 2. The lowest BCUT2D eigenvalue weighted by Crippen LogP contribution is -2.35.